The van der Waals surface area contributed by atoms with Crippen LogP contribution >= 0.6 is 0 Å². The maximum absolute atomic E-state index is 12.2. The van der Waals surface area contributed by atoms with Gasteiger partial charge in [-0.05, 0) is 82.4 Å². The van der Waals surface area contributed by atoms with Gasteiger partial charge in [0, 0.05) is 18.6 Å². The Kier molecular flexibility index (Phi) is 11.5. The molecule has 0 radical (unpaired) electrons. The number of ether oxygens (including phenoxy) is 2. The minimum Gasteiger partial charge on any atom is -0.478 e. The van der Waals surface area contributed by atoms with E-state index in [1.807, 2.05) is 0 Å². The van der Waals surface area contributed by atoms with Crippen molar-refractivity contribution in [1.82, 2.24) is 10.2 Å². The molecule has 0 amide bonds. The van der Waals surface area contributed by atoms with Crippen LogP contribution in [0.25, 0.3) is 0 Å². The summed E-state index contributed by atoms with van der Waals surface area (Å²) in [5.41, 5.74) is 3.20. The van der Waals surface area contributed by atoms with Crippen LogP contribution in [0.1, 0.15) is 63.2 Å². The molecule has 3 aliphatic rings. The summed E-state index contributed by atoms with van der Waals surface area (Å²) in [6, 6.07) is 24.0. The lowest BCUT2D eigenvalue weighted by Gasteiger charge is -2.46. The molecule has 4 atom stereocenters. The highest BCUT2D eigenvalue weighted by Crippen LogP contribution is 2.29. The number of hydrogen-bond donors (Lipinski definition) is 3. The Bertz CT molecular complexity index is 1380. The number of aryl methyl sites for hydroxylation is 2. The molecule has 0 aromatic heterocycles. The molecule has 0 spiro atoms. The molecule has 10 heteroatoms. The zero-order valence-electron chi connectivity index (χ0n) is 25.7. The van der Waals surface area contributed by atoms with Gasteiger partial charge in [0.2, 0.25) is 12.2 Å². The molecule has 2 bridgehead atoms. The lowest BCUT2D eigenvalue weighted by Crippen LogP contribution is -2.56. The van der Waals surface area contributed by atoms with E-state index < -0.39 is 36.1 Å². The predicted octanol–water partition coefficient (Wildman–Crippen LogP) is 4.66. The van der Waals surface area contributed by atoms with Gasteiger partial charge in [-0.1, -0.05) is 65.7 Å². The van der Waals surface area contributed by atoms with Crippen molar-refractivity contribution in [3.63, 3.8) is 0 Å². The summed E-state index contributed by atoms with van der Waals surface area (Å²) >= 11 is 0. The normalized spacial score (nSPS) is 20.5. The average molecular weight is 617 g/mol. The minimum absolute atomic E-state index is 0.0332. The number of benzene rings is 3. The molecule has 238 valence electrons. The highest BCUT2D eigenvalue weighted by Gasteiger charge is 2.41. The van der Waals surface area contributed by atoms with Gasteiger partial charge in [-0.3, -0.25) is 0 Å². The predicted molar refractivity (Wildman–Crippen MR) is 167 cm³/mol. The van der Waals surface area contributed by atoms with Crippen molar-refractivity contribution in [3.05, 3.63) is 107 Å². The molecule has 3 aromatic rings. The molecular weight excluding hydrogens is 576 g/mol. The maximum atomic E-state index is 12.2. The van der Waals surface area contributed by atoms with Crippen LogP contribution in [0.5, 0.6) is 0 Å². The summed E-state index contributed by atoms with van der Waals surface area (Å²) < 4.78 is 9.64. The van der Waals surface area contributed by atoms with E-state index in [0.717, 1.165) is 17.0 Å². The first kappa shape index (κ1) is 33.4. The molecular formula is C35H40N2O8. The zero-order chi connectivity index (χ0) is 32.5. The highest BCUT2D eigenvalue weighted by molar-refractivity contribution is 5.95. The second-order valence-electron chi connectivity index (χ2n) is 11.6. The quantitative estimate of drug-likeness (QED) is 0.276. The smallest absolute Gasteiger partial charge is 0.349 e. The number of carbonyl (C=O) groups excluding carboxylic acids is 2. The second kappa shape index (κ2) is 15.5. The molecule has 3 aromatic carbocycles. The first-order valence-corrected chi connectivity index (χ1v) is 15.1. The van der Waals surface area contributed by atoms with Crippen LogP contribution in [0.15, 0.2) is 78.9 Å². The first-order valence-electron chi connectivity index (χ1n) is 15.1. The van der Waals surface area contributed by atoms with E-state index >= 15 is 0 Å². The summed E-state index contributed by atoms with van der Waals surface area (Å²) in [5, 5.41) is 22.5. The van der Waals surface area contributed by atoms with Crippen molar-refractivity contribution >= 4 is 23.9 Å². The van der Waals surface area contributed by atoms with Crippen LogP contribution in [0.4, 0.5) is 0 Å². The summed E-state index contributed by atoms with van der Waals surface area (Å²) in [5.74, 6) is -4.71. The number of hydrogen-bond acceptors (Lipinski definition) is 8. The van der Waals surface area contributed by atoms with Crippen molar-refractivity contribution in [2.45, 2.75) is 57.9 Å². The van der Waals surface area contributed by atoms with Crippen molar-refractivity contribution in [1.29, 1.82) is 0 Å². The van der Waals surface area contributed by atoms with E-state index in [4.69, 9.17) is 9.47 Å². The number of esters is 2. The van der Waals surface area contributed by atoms with Gasteiger partial charge in [0.05, 0.1) is 11.1 Å². The zero-order valence-corrected chi connectivity index (χ0v) is 25.7. The van der Waals surface area contributed by atoms with E-state index in [1.54, 1.807) is 38.1 Å². The van der Waals surface area contributed by atoms with Gasteiger partial charge in [-0.25, -0.2) is 19.2 Å². The summed E-state index contributed by atoms with van der Waals surface area (Å²) in [6.45, 7) is 9.76. The summed E-state index contributed by atoms with van der Waals surface area (Å²) in [4.78, 5) is 49.9. The maximum Gasteiger partial charge on any atom is 0.349 e. The lowest BCUT2D eigenvalue weighted by molar-refractivity contribution is -0.166. The van der Waals surface area contributed by atoms with Crippen molar-refractivity contribution < 1.29 is 38.9 Å². The van der Waals surface area contributed by atoms with Gasteiger partial charge in [-0.2, -0.15) is 0 Å². The largest absolute Gasteiger partial charge is 0.478 e. The van der Waals surface area contributed by atoms with Gasteiger partial charge in [0.1, 0.15) is 0 Å². The number of piperidine rings is 3. The molecule has 10 nitrogen and oxygen atoms in total. The average Bonchev–Trinajstić information content (AvgIpc) is 3.04. The van der Waals surface area contributed by atoms with Gasteiger partial charge >= 0.3 is 23.9 Å². The lowest BCUT2D eigenvalue weighted by atomic mass is 9.83. The first-order chi connectivity index (χ1) is 21.5. The van der Waals surface area contributed by atoms with Gasteiger partial charge in [0.15, 0.2) is 0 Å². The Hall–Kier alpha value is -4.54. The fraction of sp³-hybridized carbons (Fsp3) is 0.371. The van der Waals surface area contributed by atoms with Gasteiger partial charge < -0.3 is 29.9 Å². The molecule has 0 aliphatic carbocycles. The number of carboxylic acids is 2. The standard InChI is InChI=1S/C20H18O8.C15H22N2/c1-11-3-7-13(8-4-11)19(25)27-15(17(21)22)16(18(23)24)28-20(26)14-9-5-12(2)6-10-14;1-12(13-5-3-2-4-6-13)16-15-11-17-9-7-14(15)8-10-17/h3-10,15-16H,1-2H3,(H,21,22)(H,23,24);2-6,12,14-16H,7-11H2,1H3/t15-,16-;12-,15-/m10/s1. The number of nitrogens with one attached hydrogen (secondary N) is 1. The minimum atomic E-state index is -2.22. The van der Waals surface area contributed by atoms with Crippen LogP contribution in [-0.4, -0.2) is 76.9 Å². The topological polar surface area (TPSA) is 142 Å². The Morgan fingerprint density at radius 2 is 1.18 bits per heavy atom. The van der Waals surface area contributed by atoms with Crippen LogP contribution in [0.2, 0.25) is 0 Å². The number of fused-ring (bicyclic) bond motifs is 3. The van der Waals surface area contributed by atoms with Crippen LogP contribution in [0, 0.1) is 19.8 Å². The fourth-order valence-electron chi connectivity index (χ4n) is 5.54. The Morgan fingerprint density at radius 3 is 1.56 bits per heavy atom. The van der Waals surface area contributed by atoms with E-state index in [1.165, 1.54) is 62.3 Å². The summed E-state index contributed by atoms with van der Waals surface area (Å²) in [7, 11) is 0. The molecule has 3 aliphatic heterocycles. The fourth-order valence-corrected chi connectivity index (χ4v) is 5.54. The number of carbonyl (C=O) groups is 4. The SMILES string of the molecule is C[C@H](N[C@H]1CN2CCC1CC2)c1ccccc1.Cc1ccc(C(=O)O[C@@H](C(=O)O)[C@@H](OC(=O)c2ccc(C)cc2)C(=O)O)cc1. The van der Waals surface area contributed by atoms with Crippen LogP contribution in [-0.2, 0) is 19.1 Å². The Labute approximate surface area is 263 Å². The number of carboxylic acid groups (broad SMARTS) is 2. The Morgan fingerprint density at radius 1 is 0.733 bits per heavy atom. The molecule has 3 N–H and O–H groups in total. The van der Waals surface area contributed by atoms with Gasteiger partial charge in [-0.15, -0.1) is 0 Å². The van der Waals surface area contributed by atoms with Crippen molar-refractivity contribution in [2.24, 2.45) is 5.92 Å². The second-order valence-corrected chi connectivity index (χ2v) is 11.6. The number of rotatable bonds is 10. The van der Waals surface area contributed by atoms with E-state index in [0.29, 0.717) is 12.1 Å². The summed E-state index contributed by atoms with van der Waals surface area (Å²) in [6.07, 6.45) is -1.67. The molecule has 0 saturated carbocycles. The van der Waals surface area contributed by atoms with Crippen LogP contribution < -0.4 is 5.32 Å². The van der Waals surface area contributed by atoms with Crippen molar-refractivity contribution in [3.8, 4) is 0 Å². The Balaban J connectivity index is 0.000000229. The van der Waals surface area contributed by atoms with E-state index in [9.17, 15) is 29.4 Å². The molecule has 0 unspecified atom stereocenters. The third-order valence-corrected chi connectivity index (χ3v) is 8.22. The third kappa shape index (κ3) is 9.23. The third-order valence-electron chi connectivity index (χ3n) is 8.22. The monoisotopic (exact) mass is 616 g/mol. The molecule has 3 fully saturated rings. The van der Waals surface area contributed by atoms with E-state index in [2.05, 4.69) is 47.5 Å². The van der Waals surface area contributed by atoms with E-state index in [-0.39, 0.29) is 11.1 Å². The highest BCUT2D eigenvalue weighted by atomic mass is 16.6. The molecule has 3 saturated heterocycles. The number of aliphatic carboxylic acids is 2. The molecule has 3 heterocycles. The van der Waals surface area contributed by atoms with Crippen molar-refractivity contribution in [2.75, 3.05) is 19.6 Å². The number of nitrogens with zero attached hydrogens (tertiary/aromatic N) is 1. The molecule has 45 heavy (non-hydrogen) atoms. The van der Waals surface area contributed by atoms with Gasteiger partial charge in [0.25, 0.3) is 0 Å². The van der Waals surface area contributed by atoms with Crippen LogP contribution in [0.3, 0.4) is 0 Å². The molecule has 6 rings (SSSR count).